The Morgan fingerprint density at radius 3 is 2.61 bits per heavy atom. The maximum absolute atomic E-state index is 13.5. The number of hydrogen-bond acceptors (Lipinski definition) is 5. The lowest BCUT2D eigenvalue weighted by Gasteiger charge is -2.23. The molecule has 1 fully saturated rings. The number of ether oxygens (including phenoxy) is 1. The highest BCUT2D eigenvalue weighted by atomic mass is 79.9. The smallest absolute Gasteiger partial charge is 0.334 e. The summed E-state index contributed by atoms with van der Waals surface area (Å²) in [5.41, 5.74) is 1.64. The van der Waals surface area contributed by atoms with Crippen LogP contribution in [0.3, 0.4) is 0 Å². The Labute approximate surface area is 173 Å². The molecule has 0 atom stereocenters. The molecule has 1 aromatic carbocycles. The average Bonchev–Trinajstić information content (AvgIpc) is 2.99. The Balaban J connectivity index is 1.96. The molecule has 1 aliphatic rings. The molecular formula is C19H18BrFN4O2S. The summed E-state index contributed by atoms with van der Waals surface area (Å²) in [6, 6.07) is 7.68. The molecule has 6 nitrogen and oxygen atoms in total. The van der Waals surface area contributed by atoms with Crippen molar-refractivity contribution in [2.24, 2.45) is 0 Å². The van der Waals surface area contributed by atoms with Gasteiger partial charge in [0.1, 0.15) is 16.1 Å². The van der Waals surface area contributed by atoms with Crippen molar-refractivity contribution in [3.63, 3.8) is 0 Å². The van der Waals surface area contributed by atoms with E-state index in [4.69, 9.17) is 4.74 Å². The minimum atomic E-state index is -0.354. The van der Waals surface area contributed by atoms with Gasteiger partial charge in [-0.25, -0.2) is 19.2 Å². The topological polar surface area (TPSA) is 61.9 Å². The first-order valence-electron chi connectivity index (χ1n) is 8.84. The van der Waals surface area contributed by atoms with Crippen molar-refractivity contribution in [1.82, 2.24) is 19.1 Å². The summed E-state index contributed by atoms with van der Waals surface area (Å²) in [5, 5.41) is 0.612. The highest BCUT2D eigenvalue weighted by Gasteiger charge is 2.27. The van der Waals surface area contributed by atoms with Gasteiger partial charge >= 0.3 is 5.69 Å². The molecule has 1 saturated heterocycles. The van der Waals surface area contributed by atoms with Crippen molar-refractivity contribution in [3.05, 3.63) is 57.4 Å². The fourth-order valence-corrected chi connectivity index (χ4v) is 4.55. The first kappa shape index (κ1) is 19.4. The fraction of sp³-hybridized carbons (Fsp3) is 0.316. The van der Waals surface area contributed by atoms with Gasteiger partial charge in [0.2, 0.25) is 0 Å². The van der Waals surface area contributed by atoms with E-state index < -0.39 is 0 Å². The number of nitrogens with zero attached hydrogens (tertiary/aromatic N) is 4. The van der Waals surface area contributed by atoms with Gasteiger partial charge in [0, 0.05) is 25.5 Å². The number of thioether (sulfide) groups is 1. The third kappa shape index (κ3) is 3.54. The van der Waals surface area contributed by atoms with Crippen molar-refractivity contribution >= 4 is 27.7 Å². The van der Waals surface area contributed by atoms with Gasteiger partial charge in [0.05, 0.1) is 11.4 Å². The molecule has 0 N–H and O–H groups in total. The first-order chi connectivity index (χ1) is 13.6. The second-order valence-corrected chi connectivity index (χ2v) is 7.90. The molecule has 0 bridgehead atoms. The van der Waals surface area contributed by atoms with Crippen LogP contribution in [0.4, 0.5) is 4.39 Å². The summed E-state index contributed by atoms with van der Waals surface area (Å²) < 4.78 is 22.9. The molecule has 0 amide bonds. The van der Waals surface area contributed by atoms with Crippen molar-refractivity contribution in [3.8, 4) is 17.1 Å². The van der Waals surface area contributed by atoms with Gasteiger partial charge in [0.25, 0.3) is 0 Å². The van der Waals surface area contributed by atoms with E-state index in [1.165, 1.54) is 23.9 Å². The molecular weight excluding hydrogens is 447 g/mol. The molecule has 0 unspecified atom stereocenters. The van der Waals surface area contributed by atoms with Crippen LogP contribution in [0.1, 0.15) is 18.9 Å². The predicted octanol–water partition coefficient (Wildman–Crippen LogP) is 4.07. The molecule has 0 aliphatic carbocycles. The van der Waals surface area contributed by atoms with Gasteiger partial charge in [-0.2, -0.15) is 0 Å². The van der Waals surface area contributed by atoms with Crippen molar-refractivity contribution in [2.75, 3.05) is 19.5 Å². The Hall–Kier alpha value is -1.97. The number of imidazole rings is 1. The minimum Gasteiger partial charge on any atom is -0.381 e. The number of benzene rings is 1. The van der Waals surface area contributed by atoms with Gasteiger partial charge in [-0.05, 0) is 65.4 Å². The van der Waals surface area contributed by atoms with E-state index in [2.05, 4.69) is 25.9 Å². The SMILES string of the molecule is CSc1nccc(-c2c(Br)n(C3CCOCC3)c(=O)n2-c2ccc(F)cc2)n1. The van der Waals surface area contributed by atoms with E-state index in [1.54, 1.807) is 33.5 Å². The number of halogens is 2. The van der Waals surface area contributed by atoms with E-state index in [-0.39, 0.29) is 17.5 Å². The molecule has 0 spiro atoms. The molecule has 0 saturated carbocycles. The highest BCUT2D eigenvalue weighted by Crippen LogP contribution is 2.33. The third-order valence-corrected chi connectivity index (χ3v) is 6.05. The van der Waals surface area contributed by atoms with E-state index in [0.717, 1.165) is 12.8 Å². The zero-order valence-electron chi connectivity index (χ0n) is 15.1. The van der Waals surface area contributed by atoms with Gasteiger partial charge in [0.15, 0.2) is 5.16 Å². The monoisotopic (exact) mass is 464 g/mol. The Kier molecular flexibility index (Phi) is 5.65. The van der Waals surface area contributed by atoms with Crippen LogP contribution >= 0.6 is 27.7 Å². The van der Waals surface area contributed by atoms with Crippen LogP contribution in [0.25, 0.3) is 17.1 Å². The fourth-order valence-electron chi connectivity index (χ4n) is 3.37. The van der Waals surface area contributed by atoms with Crippen LogP contribution in [-0.4, -0.2) is 38.6 Å². The van der Waals surface area contributed by atoms with Crippen LogP contribution < -0.4 is 5.69 Å². The van der Waals surface area contributed by atoms with E-state index in [0.29, 0.717) is 40.0 Å². The molecule has 1 aliphatic heterocycles. The average molecular weight is 465 g/mol. The number of hydrogen-bond donors (Lipinski definition) is 0. The zero-order valence-corrected chi connectivity index (χ0v) is 17.5. The van der Waals surface area contributed by atoms with E-state index >= 15 is 0 Å². The summed E-state index contributed by atoms with van der Waals surface area (Å²) in [5.74, 6) is -0.354. The summed E-state index contributed by atoms with van der Waals surface area (Å²) in [7, 11) is 0. The van der Waals surface area contributed by atoms with E-state index in [1.807, 2.05) is 6.26 Å². The van der Waals surface area contributed by atoms with Crippen LogP contribution in [0.15, 0.2) is 51.1 Å². The lowest BCUT2D eigenvalue weighted by molar-refractivity contribution is 0.0681. The van der Waals surface area contributed by atoms with Gasteiger partial charge in [-0.3, -0.25) is 9.13 Å². The summed E-state index contributed by atoms with van der Waals surface area (Å²) in [6.07, 6.45) is 5.08. The van der Waals surface area contributed by atoms with Crippen LogP contribution in [0, 0.1) is 5.82 Å². The molecule has 146 valence electrons. The highest BCUT2D eigenvalue weighted by molar-refractivity contribution is 9.10. The van der Waals surface area contributed by atoms with Crippen LogP contribution in [0.5, 0.6) is 0 Å². The number of rotatable bonds is 4. The zero-order chi connectivity index (χ0) is 19.7. The first-order valence-corrected chi connectivity index (χ1v) is 10.9. The molecule has 28 heavy (non-hydrogen) atoms. The summed E-state index contributed by atoms with van der Waals surface area (Å²) in [4.78, 5) is 22.2. The normalized spacial score (nSPS) is 15.1. The summed E-state index contributed by atoms with van der Waals surface area (Å²) >= 11 is 5.07. The predicted molar refractivity (Wildman–Crippen MR) is 110 cm³/mol. The second-order valence-electron chi connectivity index (χ2n) is 6.38. The lowest BCUT2D eigenvalue weighted by atomic mass is 10.1. The third-order valence-electron chi connectivity index (χ3n) is 4.73. The van der Waals surface area contributed by atoms with Gasteiger partial charge in [-0.15, -0.1) is 0 Å². The van der Waals surface area contributed by atoms with Crippen LogP contribution in [0.2, 0.25) is 0 Å². The van der Waals surface area contributed by atoms with Gasteiger partial charge in [-0.1, -0.05) is 11.8 Å². The molecule has 3 heterocycles. The van der Waals surface area contributed by atoms with Crippen molar-refractivity contribution in [2.45, 2.75) is 24.0 Å². The maximum Gasteiger partial charge on any atom is 0.334 e. The Morgan fingerprint density at radius 1 is 1.21 bits per heavy atom. The van der Waals surface area contributed by atoms with Crippen LogP contribution in [-0.2, 0) is 4.74 Å². The summed E-state index contributed by atoms with van der Waals surface area (Å²) in [6.45, 7) is 1.23. The quantitative estimate of drug-likeness (QED) is 0.430. The van der Waals surface area contributed by atoms with E-state index in [9.17, 15) is 9.18 Å². The molecule has 2 aromatic heterocycles. The molecule has 4 rings (SSSR count). The number of aromatic nitrogens is 4. The Bertz CT molecular complexity index is 1050. The maximum atomic E-state index is 13.5. The standard InChI is InChI=1S/C19H18BrFN4O2S/c1-28-18-22-9-6-15(23-18)16-17(20)25(14-7-10-27-11-8-14)19(26)24(16)13-4-2-12(21)3-5-13/h2-6,9,14H,7-8,10-11H2,1H3. The molecule has 0 radical (unpaired) electrons. The lowest BCUT2D eigenvalue weighted by Crippen LogP contribution is -2.30. The van der Waals surface area contributed by atoms with Crippen molar-refractivity contribution in [1.29, 1.82) is 0 Å². The second kappa shape index (κ2) is 8.18. The van der Waals surface area contributed by atoms with Gasteiger partial charge < -0.3 is 4.74 Å². The molecule has 9 heteroatoms. The largest absolute Gasteiger partial charge is 0.381 e. The minimum absolute atomic E-state index is 0.0259. The van der Waals surface area contributed by atoms with Crippen molar-refractivity contribution < 1.29 is 9.13 Å². The Morgan fingerprint density at radius 2 is 1.93 bits per heavy atom. The molecule has 3 aromatic rings.